The molecule has 0 aromatic carbocycles. The molecule has 3 nitrogen and oxygen atoms in total. The third-order valence-electron chi connectivity index (χ3n) is 3.64. The summed E-state index contributed by atoms with van der Waals surface area (Å²) in [6, 6.07) is 0. The summed E-state index contributed by atoms with van der Waals surface area (Å²) in [6.07, 6.45) is 5.52. The van der Waals surface area contributed by atoms with Crippen molar-refractivity contribution < 1.29 is 4.74 Å². The second-order valence-corrected chi connectivity index (χ2v) is 5.49. The minimum absolute atomic E-state index is 0.849. The molecule has 2 rings (SSSR count). The van der Waals surface area contributed by atoms with E-state index in [-0.39, 0.29) is 0 Å². The van der Waals surface area contributed by atoms with Crippen molar-refractivity contribution in [2.24, 2.45) is 11.8 Å². The van der Waals surface area contributed by atoms with E-state index < -0.39 is 0 Å². The summed E-state index contributed by atoms with van der Waals surface area (Å²) in [5, 5.41) is 3.47. The van der Waals surface area contributed by atoms with Crippen LogP contribution in [-0.2, 0) is 4.74 Å². The predicted molar refractivity (Wildman–Crippen MR) is 66.6 cm³/mol. The van der Waals surface area contributed by atoms with Gasteiger partial charge in [0.05, 0.1) is 6.61 Å². The maximum absolute atomic E-state index is 5.66. The standard InChI is InChI=1S/C13H26N2O/c1-15(7-8-16-11-12-4-5-12)10-13-3-2-6-14-9-13/h12-14H,2-11H2,1H3. The first-order chi connectivity index (χ1) is 7.84. The van der Waals surface area contributed by atoms with Crippen molar-refractivity contribution in [3.63, 3.8) is 0 Å². The summed E-state index contributed by atoms with van der Waals surface area (Å²) in [5.74, 6) is 1.75. The van der Waals surface area contributed by atoms with Gasteiger partial charge in [-0.25, -0.2) is 0 Å². The maximum Gasteiger partial charge on any atom is 0.0593 e. The minimum Gasteiger partial charge on any atom is -0.380 e. The van der Waals surface area contributed by atoms with Crippen LogP contribution >= 0.6 is 0 Å². The van der Waals surface area contributed by atoms with Crippen LogP contribution in [0, 0.1) is 11.8 Å². The van der Waals surface area contributed by atoms with Gasteiger partial charge >= 0.3 is 0 Å². The van der Waals surface area contributed by atoms with Gasteiger partial charge in [0.25, 0.3) is 0 Å². The molecular formula is C13H26N2O. The molecule has 2 aliphatic rings. The minimum atomic E-state index is 0.849. The van der Waals surface area contributed by atoms with E-state index in [9.17, 15) is 0 Å². The van der Waals surface area contributed by atoms with E-state index >= 15 is 0 Å². The van der Waals surface area contributed by atoms with Crippen LogP contribution in [0.3, 0.4) is 0 Å². The molecule has 16 heavy (non-hydrogen) atoms. The Labute approximate surface area is 99.5 Å². The molecule has 0 aromatic heterocycles. The van der Waals surface area contributed by atoms with Gasteiger partial charge in [-0.2, -0.15) is 0 Å². The van der Waals surface area contributed by atoms with Gasteiger partial charge in [-0.15, -0.1) is 0 Å². The van der Waals surface area contributed by atoms with Gasteiger partial charge in [0.2, 0.25) is 0 Å². The molecule has 0 aromatic rings. The Hall–Kier alpha value is -0.120. The van der Waals surface area contributed by atoms with Crippen LogP contribution in [-0.4, -0.2) is 51.3 Å². The Morgan fingerprint density at radius 1 is 1.25 bits per heavy atom. The van der Waals surface area contributed by atoms with Gasteiger partial charge in [-0.3, -0.25) is 0 Å². The number of rotatable bonds is 7. The fourth-order valence-electron chi connectivity index (χ4n) is 2.37. The lowest BCUT2D eigenvalue weighted by atomic mass is 9.99. The van der Waals surface area contributed by atoms with E-state index in [2.05, 4.69) is 17.3 Å². The van der Waals surface area contributed by atoms with Crippen LogP contribution in [0.25, 0.3) is 0 Å². The molecule has 1 unspecified atom stereocenters. The van der Waals surface area contributed by atoms with E-state index in [0.29, 0.717) is 0 Å². The first-order valence-corrected chi connectivity index (χ1v) is 6.81. The van der Waals surface area contributed by atoms with Crippen molar-refractivity contribution in [2.45, 2.75) is 25.7 Å². The lowest BCUT2D eigenvalue weighted by Gasteiger charge is -2.27. The Bertz CT molecular complexity index is 188. The predicted octanol–water partition coefficient (Wildman–Crippen LogP) is 1.34. The highest BCUT2D eigenvalue weighted by Crippen LogP contribution is 2.28. The van der Waals surface area contributed by atoms with Crippen LogP contribution in [0.15, 0.2) is 0 Å². The van der Waals surface area contributed by atoms with E-state index in [1.807, 2.05) is 0 Å². The van der Waals surface area contributed by atoms with Crippen molar-refractivity contribution in [3.05, 3.63) is 0 Å². The summed E-state index contributed by atoms with van der Waals surface area (Å²) < 4.78 is 5.66. The van der Waals surface area contributed by atoms with Crippen LogP contribution in [0.2, 0.25) is 0 Å². The number of piperidine rings is 1. The van der Waals surface area contributed by atoms with Gasteiger partial charge in [-0.05, 0) is 57.7 Å². The highest BCUT2D eigenvalue weighted by molar-refractivity contribution is 4.73. The fourth-order valence-corrected chi connectivity index (χ4v) is 2.37. The first-order valence-electron chi connectivity index (χ1n) is 6.81. The molecule has 3 heteroatoms. The number of hydrogen-bond acceptors (Lipinski definition) is 3. The van der Waals surface area contributed by atoms with E-state index in [4.69, 9.17) is 4.74 Å². The van der Waals surface area contributed by atoms with Gasteiger partial charge in [0.15, 0.2) is 0 Å². The lowest BCUT2D eigenvalue weighted by molar-refractivity contribution is 0.0975. The molecule has 2 fully saturated rings. The van der Waals surface area contributed by atoms with Crippen LogP contribution in [0.5, 0.6) is 0 Å². The van der Waals surface area contributed by atoms with E-state index in [1.54, 1.807) is 0 Å². The molecule has 1 aliphatic heterocycles. The second-order valence-electron chi connectivity index (χ2n) is 5.49. The summed E-state index contributed by atoms with van der Waals surface area (Å²) in [6.45, 7) is 6.63. The molecule has 1 atom stereocenters. The average molecular weight is 226 g/mol. The fraction of sp³-hybridized carbons (Fsp3) is 1.00. The molecule has 94 valence electrons. The molecule has 1 heterocycles. The van der Waals surface area contributed by atoms with Crippen molar-refractivity contribution in [1.29, 1.82) is 0 Å². The zero-order valence-electron chi connectivity index (χ0n) is 10.6. The Balaban J connectivity index is 1.47. The molecule has 1 N–H and O–H groups in total. The largest absolute Gasteiger partial charge is 0.380 e. The third-order valence-corrected chi connectivity index (χ3v) is 3.64. The molecule has 1 saturated heterocycles. The third kappa shape index (κ3) is 4.81. The summed E-state index contributed by atoms with van der Waals surface area (Å²) in [5.41, 5.74) is 0. The van der Waals surface area contributed by atoms with E-state index in [1.165, 1.54) is 45.3 Å². The van der Waals surface area contributed by atoms with Crippen LogP contribution in [0.4, 0.5) is 0 Å². The van der Waals surface area contributed by atoms with Gasteiger partial charge in [0.1, 0.15) is 0 Å². The molecule has 0 spiro atoms. The maximum atomic E-state index is 5.66. The smallest absolute Gasteiger partial charge is 0.0593 e. The molecule has 0 radical (unpaired) electrons. The van der Waals surface area contributed by atoms with Gasteiger partial charge < -0.3 is 15.0 Å². The van der Waals surface area contributed by atoms with Crippen molar-refractivity contribution in [1.82, 2.24) is 10.2 Å². The Morgan fingerprint density at radius 3 is 2.81 bits per heavy atom. The Kier molecular flexibility index (Phi) is 5.07. The summed E-state index contributed by atoms with van der Waals surface area (Å²) >= 11 is 0. The lowest BCUT2D eigenvalue weighted by Crippen LogP contribution is -2.37. The first kappa shape index (κ1) is 12.3. The molecule has 1 saturated carbocycles. The number of ether oxygens (including phenoxy) is 1. The second kappa shape index (κ2) is 6.58. The number of hydrogen-bond donors (Lipinski definition) is 1. The topological polar surface area (TPSA) is 24.5 Å². The van der Waals surface area contributed by atoms with Gasteiger partial charge in [0, 0.05) is 19.7 Å². The van der Waals surface area contributed by atoms with Crippen LogP contribution < -0.4 is 5.32 Å². The highest BCUT2D eigenvalue weighted by Gasteiger charge is 2.21. The summed E-state index contributed by atoms with van der Waals surface area (Å²) in [7, 11) is 2.22. The zero-order chi connectivity index (χ0) is 11.2. The van der Waals surface area contributed by atoms with Crippen molar-refractivity contribution >= 4 is 0 Å². The van der Waals surface area contributed by atoms with Crippen LogP contribution in [0.1, 0.15) is 25.7 Å². The van der Waals surface area contributed by atoms with E-state index in [0.717, 1.165) is 31.6 Å². The van der Waals surface area contributed by atoms with Gasteiger partial charge in [-0.1, -0.05) is 0 Å². The molecule has 1 aliphatic carbocycles. The highest BCUT2D eigenvalue weighted by atomic mass is 16.5. The number of nitrogens with zero attached hydrogens (tertiary/aromatic N) is 1. The SMILES string of the molecule is CN(CCOCC1CC1)CC1CCCNC1. The summed E-state index contributed by atoms with van der Waals surface area (Å²) in [4.78, 5) is 2.42. The van der Waals surface area contributed by atoms with Crippen molar-refractivity contribution in [3.8, 4) is 0 Å². The normalized spacial score (nSPS) is 26.2. The number of nitrogens with one attached hydrogen (secondary N) is 1. The molecule has 0 amide bonds. The average Bonchev–Trinajstić information content (AvgIpc) is 3.10. The quantitative estimate of drug-likeness (QED) is 0.663. The number of likely N-dealkylation sites (N-methyl/N-ethyl adjacent to an activating group) is 1. The van der Waals surface area contributed by atoms with Crippen molar-refractivity contribution in [2.75, 3.05) is 46.4 Å². The molecule has 0 bridgehead atoms. The monoisotopic (exact) mass is 226 g/mol. The zero-order valence-corrected chi connectivity index (χ0v) is 10.6. The molecular weight excluding hydrogens is 200 g/mol. The Morgan fingerprint density at radius 2 is 2.12 bits per heavy atom.